The number of aryl methyl sites for hydroxylation is 1. The Morgan fingerprint density at radius 2 is 1.62 bits per heavy atom. The highest BCUT2D eigenvalue weighted by Gasteiger charge is 2.13. The number of nitrogens with zero attached hydrogens (tertiary/aromatic N) is 3. The first-order chi connectivity index (χ1) is 15.6. The Hall–Kier alpha value is -3.65. The summed E-state index contributed by atoms with van der Waals surface area (Å²) in [6, 6.07) is 23.0. The molecule has 0 aliphatic heterocycles. The van der Waals surface area contributed by atoms with Gasteiger partial charge >= 0.3 is 0 Å². The zero-order valence-electron chi connectivity index (χ0n) is 17.4. The summed E-state index contributed by atoms with van der Waals surface area (Å²) in [5.41, 5.74) is 1.90. The molecule has 162 valence electrons. The van der Waals surface area contributed by atoms with E-state index in [2.05, 4.69) is 15.5 Å². The van der Waals surface area contributed by atoms with E-state index in [0.717, 1.165) is 17.1 Å². The molecule has 1 heterocycles. The number of carbonyl (C=O) groups is 1. The number of hydrogen-bond acceptors (Lipinski definition) is 5. The van der Waals surface area contributed by atoms with Gasteiger partial charge in [-0.3, -0.25) is 9.36 Å². The molecule has 6 nitrogen and oxygen atoms in total. The van der Waals surface area contributed by atoms with E-state index >= 15 is 0 Å². The maximum Gasteiger partial charge on any atom is 0.230 e. The lowest BCUT2D eigenvalue weighted by Crippen LogP contribution is -2.24. The summed E-state index contributed by atoms with van der Waals surface area (Å²) in [5.74, 6) is 1.79. The summed E-state index contributed by atoms with van der Waals surface area (Å²) in [6.07, 6.45) is 0. The van der Waals surface area contributed by atoms with Gasteiger partial charge in [-0.2, -0.15) is 0 Å². The lowest BCUT2D eigenvalue weighted by atomic mass is 10.2. The van der Waals surface area contributed by atoms with E-state index < -0.39 is 0 Å². The molecule has 32 heavy (non-hydrogen) atoms. The van der Waals surface area contributed by atoms with Gasteiger partial charge in [-0.1, -0.05) is 42.1 Å². The van der Waals surface area contributed by atoms with Crippen LogP contribution in [0, 0.1) is 12.7 Å². The molecule has 1 amide bonds. The number of ether oxygens (including phenoxy) is 1. The summed E-state index contributed by atoms with van der Waals surface area (Å²) in [4.78, 5) is 12.3. The Balaban J connectivity index is 1.28. The molecule has 0 bridgehead atoms. The third kappa shape index (κ3) is 5.53. The third-order valence-electron chi connectivity index (χ3n) is 4.60. The van der Waals surface area contributed by atoms with Gasteiger partial charge in [0.15, 0.2) is 5.16 Å². The topological polar surface area (TPSA) is 69.0 Å². The van der Waals surface area contributed by atoms with E-state index in [9.17, 15) is 9.18 Å². The summed E-state index contributed by atoms with van der Waals surface area (Å²) in [5, 5.41) is 11.9. The van der Waals surface area contributed by atoms with Crippen LogP contribution >= 0.6 is 11.8 Å². The highest BCUT2D eigenvalue weighted by atomic mass is 32.2. The molecule has 0 saturated carbocycles. The fourth-order valence-corrected chi connectivity index (χ4v) is 3.83. The van der Waals surface area contributed by atoms with Crippen molar-refractivity contribution in [2.75, 3.05) is 5.75 Å². The van der Waals surface area contributed by atoms with Gasteiger partial charge in [0.1, 0.15) is 23.1 Å². The van der Waals surface area contributed by atoms with Crippen molar-refractivity contribution in [2.45, 2.75) is 18.6 Å². The lowest BCUT2D eigenvalue weighted by Gasteiger charge is -2.09. The molecule has 0 unspecified atom stereocenters. The van der Waals surface area contributed by atoms with E-state index in [0.29, 0.717) is 23.2 Å². The standard InChI is InChI=1S/C24H21FN4O2S/c1-17-27-28-24(29(17)20-5-3-2-4-6-20)32-16-23(30)26-15-18-7-11-21(12-8-18)31-22-13-9-19(25)10-14-22/h2-14H,15-16H2,1H3,(H,26,30). The second kappa shape index (κ2) is 10.1. The summed E-state index contributed by atoms with van der Waals surface area (Å²) in [7, 11) is 0. The molecule has 3 aromatic carbocycles. The van der Waals surface area contributed by atoms with Gasteiger partial charge in [0.05, 0.1) is 5.75 Å². The van der Waals surface area contributed by atoms with Crippen molar-refractivity contribution in [1.82, 2.24) is 20.1 Å². The zero-order valence-corrected chi connectivity index (χ0v) is 18.2. The molecule has 1 N–H and O–H groups in total. The van der Waals surface area contributed by atoms with E-state index in [4.69, 9.17) is 4.74 Å². The Kier molecular flexibility index (Phi) is 6.81. The Labute approximate surface area is 189 Å². The smallest absolute Gasteiger partial charge is 0.230 e. The van der Waals surface area contributed by atoms with Gasteiger partial charge in [0, 0.05) is 12.2 Å². The molecule has 8 heteroatoms. The van der Waals surface area contributed by atoms with Crippen LogP contribution in [0.1, 0.15) is 11.4 Å². The van der Waals surface area contributed by atoms with Crippen LogP contribution < -0.4 is 10.1 Å². The third-order valence-corrected chi connectivity index (χ3v) is 5.53. The van der Waals surface area contributed by atoms with Crippen LogP contribution in [0.2, 0.25) is 0 Å². The number of carbonyl (C=O) groups excluding carboxylic acids is 1. The zero-order chi connectivity index (χ0) is 22.3. The lowest BCUT2D eigenvalue weighted by molar-refractivity contribution is -0.118. The summed E-state index contributed by atoms with van der Waals surface area (Å²) in [6.45, 7) is 2.29. The minimum atomic E-state index is -0.308. The van der Waals surface area contributed by atoms with Crippen LogP contribution in [0.3, 0.4) is 0 Å². The molecule has 0 atom stereocenters. The van der Waals surface area contributed by atoms with Crippen molar-refractivity contribution < 1.29 is 13.9 Å². The quantitative estimate of drug-likeness (QED) is 0.388. The van der Waals surface area contributed by atoms with Gasteiger partial charge in [0.25, 0.3) is 0 Å². The molecule has 0 spiro atoms. The molecule has 0 aliphatic rings. The van der Waals surface area contributed by atoms with Crippen LogP contribution in [0.5, 0.6) is 11.5 Å². The first-order valence-electron chi connectivity index (χ1n) is 9.98. The van der Waals surface area contributed by atoms with Crippen molar-refractivity contribution in [2.24, 2.45) is 0 Å². The van der Waals surface area contributed by atoms with Crippen LogP contribution in [0.4, 0.5) is 4.39 Å². The average Bonchev–Trinajstić information content (AvgIpc) is 3.19. The summed E-state index contributed by atoms with van der Waals surface area (Å²) >= 11 is 1.34. The molecule has 0 radical (unpaired) electrons. The number of halogens is 1. The number of aromatic nitrogens is 3. The van der Waals surface area contributed by atoms with Crippen LogP contribution in [0.15, 0.2) is 84.0 Å². The number of rotatable bonds is 8. The Morgan fingerprint density at radius 3 is 2.31 bits per heavy atom. The molecule has 0 saturated heterocycles. The van der Waals surface area contributed by atoms with E-state index in [1.165, 1.54) is 23.9 Å². The summed E-state index contributed by atoms with van der Waals surface area (Å²) < 4.78 is 20.6. The van der Waals surface area contributed by atoms with Gasteiger partial charge in [-0.25, -0.2) is 4.39 Å². The first kappa shape index (κ1) is 21.6. The van der Waals surface area contributed by atoms with E-state index in [1.54, 1.807) is 12.1 Å². The second-order valence-electron chi connectivity index (χ2n) is 6.97. The Bertz CT molecular complexity index is 1180. The predicted octanol–water partition coefficient (Wildman–Crippen LogP) is 4.92. The van der Waals surface area contributed by atoms with Crippen molar-refractivity contribution in [1.29, 1.82) is 0 Å². The number of benzene rings is 3. The maximum absolute atomic E-state index is 13.0. The van der Waals surface area contributed by atoms with Crippen molar-refractivity contribution in [3.05, 3.63) is 96.1 Å². The SMILES string of the molecule is Cc1nnc(SCC(=O)NCc2ccc(Oc3ccc(F)cc3)cc2)n1-c1ccccc1. The molecule has 4 rings (SSSR count). The largest absolute Gasteiger partial charge is 0.457 e. The van der Waals surface area contributed by atoms with Gasteiger partial charge in [-0.05, 0) is 61.0 Å². The fourth-order valence-electron chi connectivity index (χ4n) is 3.01. The number of nitrogens with one attached hydrogen (secondary N) is 1. The predicted molar refractivity (Wildman–Crippen MR) is 122 cm³/mol. The number of amides is 1. The minimum Gasteiger partial charge on any atom is -0.457 e. The highest BCUT2D eigenvalue weighted by Crippen LogP contribution is 2.23. The highest BCUT2D eigenvalue weighted by molar-refractivity contribution is 7.99. The molecule has 4 aromatic rings. The molecule has 0 aliphatic carbocycles. The van der Waals surface area contributed by atoms with Crippen LogP contribution in [-0.4, -0.2) is 26.4 Å². The Morgan fingerprint density at radius 1 is 0.969 bits per heavy atom. The molecular weight excluding hydrogens is 427 g/mol. The van der Waals surface area contributed by atoms with Gasteiger partial charge in [-0.15, -0.1) is 10.2 Å². The number of thioether (sulfide) groups is 1. The van der Waals surface area contributed by atoms with Crippen molar-refractivity contribution in [3.8, 4) is 17.2 Å². The molecular formula is C24H21FN4O2S. The molecule has 1 aromatic heterocycles. The van der Waals surface area contributed by atoms with Gasteiger partial charge < -0.3 is 10.1 Å². The number of para-hydroxylation sites is 1. The fraction of sp³-hybridized carbons (Fsp3) is 0.125. The minimum absolute atomic E-state index is 0.0955. The first-order valence-corrected chi connectivity index (χ1v) is 11.0. The van der Waals surface area contributed by atoms with E-state index in [-0.39, 0.29) is 17.5 Å². The van der Waals surface area contributed by atoms with E-state index in [1.807, 2.05) is 66.1 Å². The van der Waals surface area contributed by atoms with Crippen molar-refractivity contribution >= 4 is 17.7 Å². The number of hydrogen-bond donors (Lipinski definition) is 1. The molecule has 0 fully saturated rings. The van der Waals surface area contributed by atoms with Crippen molar-refractivity contribution in [3.63, 3.8) is 0 Å². The van der Waals surface area contributed by atoms with Crippen LogP contribution in [0.25, 0.3) is 5.69 Å². The second-order valence-corrected chi connectivity index (χ2v) is 7.91. The van der Waals surface area contributed by atoms with Gasteiger partial charge in [0.2, 0.25) is 5.91 Å². The normalized spacial score (nSPS) is 10.7. The maximum atomic E-state index is 13.0. The van der Waals surface area contributed by atoms with Crippen LogP contribution in [-0.2, 0) is 11.3 Å². The average molecular weight is 449 g/mol. The monoisotopic (exact) mass is 448 g/mol.